The molecule has 1 N–H and O–H groups in total. The summed E-state index contributed by atoms with van der Waals surface area (Å²) in [4.78, 5) is 21.9. The highest BCUT2D eigenvalue weighted by Gasteiger charge is 2.34. The van der Waals surface area contributed by atoms with Gasteiger partial charge in [-0.2, -0.15) is 4.99 Å². The number of allylic oxidation sites excluding steroid dienone is 1. The predicted octanol–water partition coefficient (Wildman–Crippen LogP) is 4.65. The van der Waals surface area contributed by atoms with Crippen molar-refractivity contribution in [2.75, 3.05) is 20.3 Å². The molecule has 0 bridgehead atoms. The minimum atomic E-state index is -0.533. The minimum Gasteiger partial charge on any atom is -0.493 e. The molecule has 2 aliphatic rings. The number of para-hydroxylation sites is 1. The van der Waals surface area contributed by atoms with Gasteiger partial charge in [0.1, 0.15) is 11.5 Å². The number of ether oxygens (including phenoxy) is 3. The number of hydroxylamine groups is 2. The summed E-state index contributed by atoms with van der Waals surface area (Å²) in [6.07, 6.45) is 3.77. The number of rotatable bonds is 8. The molecule has 0 radical (unpaired) electrons. The number of amidine groups is 2. The van der Waals surface area contributed by atoms with Crippen LogP contribution in [0.25, 0.3) is 6.08 Å². The van der Waals surface area contributed by atoms with Gasteiger partial charge in [-0.05, 0) is 42.8 Å². The number of benzene rings is 2. The summed E-state index contributed by atoms with van der Waals surface area (Å²) >= 11 is 6.45. The van der Waals surface area contributed by atoms with E-state index in [0.717, 1.165) is 5.75 Å². The minimum absolute atomic E-state index is 0.0756. The Kier molecular flexibility index (Phi) is 6.65. The van der Waals surface area contributed by atoms with Gasteiger partial charge in [0.25, 0.3) is 5.91 Å². The molecule has 4 rings (SSSR count). The Morgan fingerprint density at radius 1 is 1.18 bits per heavy atom. The molecule has 0 atom stereocenters. The molecule has 0 saturated carbocycles. The van der Waals surface area contributed by atoms with Crippen LogP contribution in [0.3, 0.4) is 0 Å². The van der Waals surface area contributed by atoms with Gasteiger partial charge in [0.2, 0.25) is 0 Å². The fourth-order valence-electron chi connectivity index (χ4n) is 3.27. The van der Waals surface area contributed by atoms with Crippen molar-refractivity contribution in [1.29, 1.82) is 5.41 Å². The first-order valence-corrected chi connectivity index (χ1v) is 10.6. The van der Waals surface area contributed by atoms with Crippen molar-refractivity contribution in [3.05, 3.63) is 70.5 Å². The maximum Gasteiger partial charge on any atom is 0.282 e. The molecule has 33 heavy (non-hydrogen) atoms. The first-order valence-electron chi connectivity index (χ1n) is 10.2. The highest BCUT2D eigenvalue weighted by Crippen LogP contribution is 2.37. The van der Waals surface area contributed by atoms with Crippen molar-refractivity contribution in [2.24, 2.45) is 4.99 Å². The van der Waals surface area contributed by atoms with Gasteiger partial charge >= 0.3 is 0 Å². The number of halogens is 1. The van der Waals surface area contributed by atoms with Crippen LogP contribution >= 0.6 is 11.6 Å². The van der Waals surface area contributed by atoms with Gasteiger partial charge in [-0.25, -0.2) is 0 Å². The van der Waals surface area contributed by atoms with Crippen LogP contribution in [0.15, 0.2) is 64.9 Å². The third kappa shape index (κ3) is 5.01. The summed E-state index contributed by atoms with van der Waals surface area (Å²) in [6, 6.07) is 12.9. The van der Waals surface area contributed by atoms with Crippen LogP contribution in [0.2, 0.25) is 5.02 Å². The van der Waals surface area contributed by atoms with E-state index in [1.165, 1.54) is 18.2 Å². The molecule has 2 aromatic carbocycles. The van der Waals surface area contributed by atoms with Gasteiger partial charge in [-0.1, -0.05) is 29.8 Å². The fraction of sp³-hybridized carbons (Fsp3) is 0.208. The van der Waals surface area contributed by atoms with Crippen molar-refractivity contribution >= 4 is 35.3 Å². The zero-order valence-corrected chi connectivity index (χ0v) is 18.9. The lowest BCUT2D eigenvalue weighted by Crippen LogP contribution is -2.38. The van der Waals surface area contributed by atoms with Crippen LogP contribution in [0.4, 0.5) is 0 Å². The molecule has 0 fully saturated rings. The lowest BCUT2D eigenvalue weighted by Gasteiger charge is -2.23. The maximum absolute atomic E-state index is 12.5. The topological polar surface area (TPSA) is 93.4 Å². The van der Waals surface area contributed by atoms with Crippen molar-refractivity contribution in [3.8, 4) is 17.2 Å². The van der Waals surface area contributed by atoms with Gasteiger partial charge in [-0.3, -0.25) is 10.2 Å². The van der Waals surface area contributed by atoms with E-state index in [1.807, 2.05) is 30.3 Å². The monoisotopic (exact) mass is 467 g/mol. The number of methoxy groups -OCH3 is 1. The van der Waals surface area contributed by atoms with Gasteiger partial charge < -0.3 is 19.0 Å². The van der Waals surface area contributed by atoms with E-state index >= 15 is 0 Å². The smallest absolute Gasteiger partial charge is 0.282 e. The van der Waals surface area contributed by atoms with Crippen molar-refractivity contribution in [3.63, 3.8) is 0 Å². The van der Waals surface area contributed by atoms with E-state index < -0.39 is 5.91 Å². The van der Waals surface area contributed by atoms with E-state index in [4.69, 9.17) is 36.1 Å². The second-order valence-corrected chi connectivity index (χ2v) is 7.63. The summed E-state index contributed by atoms with van der Waals surface area (Å²) in [5.41, 5.74) is 0.638. The van der Waals surface area contributed by atoms with E-state index in [9.17, 15) is 4.79 Å². The Hall–Kier alpha value is -3.78. The molecule has 1 amide bonds. The third-order valence-electron chi connectivity index (χ3n) is 4.79. The third-order valence-corrected chi connectivity index (χ3v) is 5.07. The fourth-order valence-corrected chi connectivity index (χ4v) is 3.54. The average Bonchev–Trinajstić information content (AvgIpc) is 3.18. The summed E-state index contributed by atoms with van der Waals surface area (Å²) in [5, 5.41) is 9.85. The average molecular weight is 468 g/mol. The SMILES string of the molecule is COc1cc(/C=C2/C(=N)N3OC(C)=CC3=NC2=O)cc(Cl)c1OCCCOc1ccccc1. The molecule has 0 unspecified atom stereocenters. The first-order chi connectivity index (χ1) is 16.0. The van der Waals surface area contributed by atoms with E-state index in [2.05, 4.69) is 4.99 Å². The zero-order chi connectivity index (χ0) is 23.4. The summed E-state index contributed by atoms with van der Waals surface area (Å²) in [5.74, 6) is 1.81. The van der Waals surface area contributed by atoms with Gasteiger partial charge in [0.15, 0.2) is 23.2 Å². The van der Waals surface area contributed by atoms with Crippen LogP contribution in [-0.4, -0.2) is 43.0 Å². The van der Waals surface area contributed by atoms with E-state index in [1.54, 1.807) is 25.1 Å². The number of hydrogen-bond donors (Lipinski definition) is 1. The number of amides is 1. The van der Waals surface area contributed by atoms with Crippen molar-refractivity contribution in [1.82, 2.24) is 5.06 Å². The lowest BCUT2D eigenvalue weighted by molar-refractivity contribution is -0.114. The second kappa shape index (κ2) is 9.79. The summed E-state index contributed by atoms with van der Waals surface area (Å²) in [6.45, 7) is 2.59. The Labute approximate surface area is 196 Å². The van der Waals surface area contributed by atoms with E-state index in [-0.39, 0.29) is 17.2 Å². The number of nitrogens with one attached hydrogen (secondary N) is 1. The Bertz CT molecular complexity index is 1170. The molecule has 2 aromatic rings. The molecule has 8 nitrogen and oxygen atoms in total. The zero-order valence-electron chi connectivity index (χ0n) is 18.1. The largest absolute Gasteiger partial charge is 0.493 e. The van der Waals surface area contributed by atoms with Crippen molar-refractivity contribution in [2.45, 2.75) is 13.3 Å². The van der Waals surface area contributed by atoms with Crippen LogP contribution in [-0.2, 0) is 9.63 Å². The number of carbonyl (C=O) groups excluding carboxylic acids is 1. The number of carbonyl (C=O) groups is 1. The maximum atomic E-state index is 12.5. The molecule has 0 aromatic heterocycles. The molecule has 170 valence electrons. The highest BCUT2D eigenvalue weighted by molar-refractivity contribution is 6.33. The van der Waals surface area contributed by atoms with Crippen LogP contribution in [0.1, 0.15) is 18.9 Å². The van der Waals surface area contributed by atoms with Gasteiger partial charge in [-0.15, -0.1) is 5.06 Å². The molecule has 2 heterocycles. The summed E-state index contributed by atoms with van der Waals surface area (Å²) < 4.78 is 16.9. The lowest BCUT2D eigenvalue weighted by atomic mass is 10.1. The molecule has 9 heteroatoms. The Balaban J connectivity index is 1.44. The molecule has 2 aliphatic heterocycles. The molecule has 0 spiro atoms. The molecular formula is C24H22ClN3O5. The van der Waals surface area contributed by atoms with E-state index in [0.29, 0.717) is 47.5 Å². The number of nitrogens with zero attached hydrogens (tertiary/aromatic N) is 2. The standard InChI is InChI=1S/C24H22ClN3O5/c1-15-11-21-27-24(29)18(23(26)28(21)33-15)12-16-13-19(25)22(20(14-16)30-2)32-10-6-9-31-17-7-4-3-5-8-17/h3-5,7-8,11-14,26H,6,9-10H2,1-2H3/b18-12-,26-23?. The molecule has 0 aliphatic carbocycles. The predicted molar refractivity (Wildman–Crippen MR) is 125 cm³/mol. The van der Waals surface area contributed by atoms with Gasteiger partial charge in [0.05, 0.1) is 30.9 Å². The van der Waals surface area contributed by atoms with Gasteiger partial charge in [0, 0.05) is 12.5 Å². The van der Waals surface area contributed by atoms with Crippen LogP contribution in [0, 0.1) is 5.41 Å². The highest BCUT2D eigenvalue weighted by atomic mass is 35.5. The Morgan fingerprint density at radius 2 is 1.94 bits per heavy atom. The van der Waals surface area contributed by atoms with Crippen LogP contribution < -0.4 is 14.2 Å². The van der Waals surface area contributed by atoms with Crippen LogP contribution in [0.5, 0.6) is 17.2 Å². The second-order valence-electron chi connectivity index (χ2n) is 7.22. The summed E-state index contributed by atoms with van der Waals surface area (Å²) in [7, 11) is 1.50. The quantitative estimate of drug-likeness (QED) is 0.448. The first kappa shape index (κ1) is 22.4. The Morgan fingerprint density at radius 3 is 2.70 bits per heavy atom. The van der Waals surface area contributed by atoms with Crippen molar-refractivity contribution < 1.29 is 23.8 Å². The number of aliphatic imine (C=N–C) groups is 1. The number of fused-ring (bicyclic) bond motifs is 1. The number of hydrogen-bond acceptors (Lipinski definition) is 6. The molecular weight excluding hydrogens is 446 g/mol. The normalized spacial score (nSPS) is 16.2. The molecule has 0 saturated heterocycles.